The van der Waals surface area contributed by atoms with E-state index >= 15 is 0 Å². The fraction of sp³-hybridized carbons (Fsp3) is 0.227. The molecule has 0 atom stereocenters. The summed E-state index contributed by atoms with van der Waals surface area (Å²) in [6.07, 6.45) is 1.25. The quantitative estimate of drug-likeness (QED) is 0.609. The lowest BCUT2D eigenvalue weighted by atomic mass is 10.1. The first-order valence-electron chi connectivity index (χ1n) is 9.21. The van der Waals surface area contributed by atoms with Gasteiger partial charge in [0.25, 0.3) is 5.56 Å². The number of ether oxygens (including phenoxy) is 2. The number of methoxy groups -OCH3 is 2. The van der Waals surface area contributed by atoms with E-state index in [1.165, 1.54) is 6.21 Å². The monoisotopic (exact) mass is 409 g/mol. The van der Waals surface area contributed by atoms with Gasteiger partial charge in [0.2, 0.25) is 5.88 Å². The van der Waals surface area contributed by atoms with Gasteiger partial charge in [-0.05, 0) is 54.8 Å². The Morgan fingerprint density at radius 3 is 2.30 bits per heavy atom. The van der Waals surface area contributed by atoms with Crippen molar-refractivity contribution in [3.63, 3.8) is 0 Å². The van der Waals surface area contributed by atoms with E-state index < -0.39 is 17.1 Å². The molecule has 2 N–H and O–H groups in total. The molecule has 8 nitrogen and oxygen atoms in total. The number of aromatic nitrogens is 2. The molecule has 0 aliphatic heterocycles. The number of nitrogens with zero attached hydrogens (tertiary/aromatic N) is 2. The third kappa shape index (κ3) is 4.27. The Labute approximate surface area is 173 Å². The number of aromatic hydroxyl groups is 1. The molecule has 2 aromatic carbocycles. The van der Waals surface area contributed by atoms with Crippen LogP contribution in [0.2, 0.25) is 0 Å². The van der Waals surface area contributed by atoms with Crippen LogP contribution in [0.5, 0.6) is 17.4 Å². The smallest absolute Gasteiger partial charge is 0.335 e. The van der Waals surface area contributed by atoms with Crippen molar-refractivity contribution >= 4 is 6.21 Å². The lowest BCUT2D eigenvalue weighted by Crippen LogP contribution is -2.31. The lowest BCUT2D eigenvalue weighted by Gasteiger charge is -2.11. The third-order valence-electron chi connectivity index (χ3n) is 4.78. The van der Waals surface area contributed by atoms with Crippen LogP contribution in [0.25, 0.3) is 5.69 Å². The summed E-state index contributed by atoms with van der Waals surface area (Å²) in [5.41, 5.74) is 1.69. The molecule has 0 fully saturated rings. The number of H-pyrrole nitrogens is 1. The van der Waals surface area contributed by atoms with Crippen molar-refractivity contribution in [2.75, 3.05) is 14.2 Å². The molecule has 0 unspecified atom stereocenters. The van der Waals surface area contributed by atoms with Crippen LogP contribution in [0.1, 0.15) is 22.3 Å². The summed E-state index contributed by atoms with van der Waals surface area (Å²) < 4.78 is 11.5. The first-order chi connectivity index (χ1) is 14.3. The first kappa shape index (κ1) is 20.9. The molecule has 0 radical (unpaired) electrons. The maximum atomic E-state index is 12.3. The van der Waals surface area contributed by atoms with Crippen LogP contribution in [0.4, 0.5) is 0 Å². The first-order valence-corrected chi connectivity index (χ1v) is 9.21. The van der Waals surface area contributed by atoms with Crippen LogP contribution in [0.15, 0.2) is 51.0 Å². The zero-order chi connectivity index (χ0) is 21.8. The molecule has 0 amide bonds. The summed E-state index contributed by atoms with van der Waals surface area (Å²) >= 11 is 0. The number of hydrogen-bond acceptors (Lipinski definition) is 6. The summed E-state index contributed by atoms with van der Waals surface area (Å²) in [6, 6.07) is 10.6. The normalized spacial score (nSPS) is 11.1. The van der Waals surface area contributed by atoms with Crippen molar-refractivity contribution in [1.29, 1.82) is 0 Å². The Morgan fingerprint density at radius 1 is 1.03 bits per heavy atom. The molecule has 0 saturated heterocycles. The minimum absolute atomic E-state index is 0.109. The van der Waals surface area contributed by atoms with Crippen LogP contribution in [-0.4, -0.2) is 35.1 Å². The fourth-order valence-electron chi connectivity index (χ4n) is 2.96. The van der Waals surface area contributed by atoms with E-state index in [1.54, 1.807) is 44.6 Å². The van der Waals surface area contributed by atoms with Gasteiger partial charge < -0.3 is 14.6 Å². The van der Waals surface area contributed by atoms with Crippen molar-refractivity contribution in [1.82, 2.24) is 9.55 Å². The van der Waals surface area contributed by atoms with E-state index in [4.69, 9.17) is 9.47 Å². The van der Waals surface area contributed by atoms with Gasteiger partial charge >= 0.3 is 5.69 Å². The Hall–Kier alpha value is -3.81. The molecule has 30 heavy (non-hydrogen) atoms. The maximum absolute atomic E-state index is 12.3. The van der Waals surface area contributed by atoms with Crippen molar-refractivity contribution in [2.45, 2.75) is 20.4 Å². The Balaban J connectivity index is 1.98. The van der Waals surface area contributed by atoms with Gasteiger partial charge in [-0.1, -0.05) is 6.07 Å². The zero-order valence-electron chi connectivity index (χ0n) is 17.2. The average Bonchev–Trinajstić information content (AvgIpc) is 2.72. The molecular formula is C22H23N3O5. The van der Waals surface area contributed by atoms with Gasteiger partial charge in [0.1, 0.15) is 17.1 Å². The van der Waals surface area contributed by atoms with Crippen molar-refractivity contribution in [3.05, 3.63) is 79.5 Å². The molecule has 1 heterocycles. The van der Waals surface area contributed by atoms with Gasteiger partial charge in [-0.25, -0.2) is 9.36 Å². The van der Waals surface area contributed by atoms with E-state index in [9.17, 15) is 14.7 Å². The number of nitrogens with one attached hydrogen (secondary N) is 1. The summed E-state index contributed by atoms with van der Waals surface area (Å²) in [6.45, 7) is 4.06. The Kier molecular flexibility index (Phi) is 6.06. The highest BCUT2D eigenvalue weighted by molar-refractivity contribution is 5.82. The van der Waals surface area contributed by atoms with Gasteiger partial charge in [0.15, 0.2) is 0 Å². The van der Waals surface area contributed by atoms with Gasteiger partial charge in [0.05, 0.1) is 26.5 Å². The van der Waals surface area contributed by atoms with Crippen molar-refractivity contribution in [2.24, 2.45) is 4.99 Å². The van der Waals surface area contributed by atoms with Crippen LogP contribution in [0, 0.1) is 13.8 Å². The van der Waals surface area contributed by atoms with Gasteiger partial charge in [-0.3, -0.25) is 14.8 Å². The predicted octanol–water partition coefficient (Wildman–Crippen LogP) is 2.48. The minimum Gasteiger partial charge on any atom is -0.497 e. The summed E-state index contributed by atoms with van der Waals surface area (Å²) in [7, 11) is 3.10. The minimum atomic E-state index is -0.726. The van der Waals surface area contributed by atoms with Gasteiger partial charge in [-0.15, -0.1) is 0 Å². The molecule has 1 aromatic heterocycles. The third-order valence-corrected chi connectivity index (χ3v) is 4.78. The molecule has 3 aromatic rings. The molecule has 0 saturated carbocycles. The molecule has 8 heteroatoms. The predicted molar refractivity (Wildman–Crippen MR) is 115 cm³/mol. The highest BCUT2D eigenvalue weighted by Gasteiger charge is 2.14. The Bertz CT molecular complexity index is 1200. The molecule has 0 bridgehead atoms. The lowest BCUT2D eigenvalue weighted by molar-refractivity contribution is 0.393. The second-order valence-corrected chi connectivity index (χ2v) is 6.79. The molecule has 0 aliphatic rings. The van der Waals surface area contributed by atoms with E-state index in [2.05, 4.69) is 9.98 Å². The van der Waals surface area contributed by atoms with Crippen molar-refractivity contribution in [3.8, 4) is 23.1 Å². The number of aromatic amines is 1. The van der Waals surface area contributed by atoms with E-state index in [0.717, 1.165) is 21.3 Å². The van der Waals surface area contributed by atoms with E-state index in [-0.39, 0.29) is 12.1 Å². The average molecular weight is 409 g/mol. The summed E-state index contributed by atoms with van der Waals surface area (Å²) in [5, 5.41) is 10.6. The van der Waals surface area contributed by atoms with Gasteiger partial charge in [-0.2, -0.15) is 0 Å². The Morgan fingerprint density at radius 2 is 1.70 bits per heavy atom. The second kappa shape index (κ2) is 8.69. The van der Waals surface area contributed by atoms with Crippen LogP contribution in [0.3, 0.4) is 0 Å². The van der Waals surface area contributed by atoms with Crippen LogP contribution >= 0.6 is 0 Å². The fourth-order valence-corrected chi connectivity index (χ4v) is 2.96. The number of rotatable bonds is 6. The summed E-state index contributed by atoms with van der Waals surface area (Å²) in [5.74, 6) is 0.756. The topological polar surface area (TPSA) is 106 Å². The molecule has 3 rings (SSSR count). The molecular weight excluding hydrogens is 386 g/mol. The number of benzene rings is 2. The van der Waals surface area contributed by atoms with E-state index in [1.807, 2.05) is 19.9 Å². The highest BCUT2D eigenvalue weighted by atomic mass is 16.5. The second-order valence-electron chi connectivity index (χ2n) is 6.79. The molecule has 0 aliphatic carbocycles. The maximum Gasteiger partial charge on any atom is 0.335 e. The molecule has 156 valence electrons. The number of hydrogen-bond donors (Lipinski definition) is 2. The highest BCUT2D eigenvalue weighted by Crippen LogP contribution is 2.23. The SMILES string of the molecule is COc1cc(CN=Cc2c(O)n(-c3ccc(C)c(C)c3)c(=O)[nH]c2=O)cc(OC)c1. The van der Waals surface area contributed by atoms with Crippen LogP contribution < -0.4 is 20.7 Å². The number of aryl methyl sites for hydroxylation is 2. The van der Waals surface area contributed by atoms with Gasteiger partial charge in [0, 0.05) is 12.3 Å². The largest absolute Gasteiger partial charge is 0.497 e. The number of aliphatic imine (C=N–C) groups is 1. The summed E-state index contributed by atoms with van der Waals surface area (Å²) in [4.78, 5) is 31.0. The van der Waals surface area contributed by atoms with Crippen molar-refractivity contribution < 1.29 is 14.6 Å². The molecule has 0 spiro atoms. The van der Waals surface area contributed by atoms with Crippen LogP contribution in [-0.2, 0) is 6.54 Å². The zero-order valence-corrected chi connectivity index (χ0v) is 17.2. The van der Waals surface area contributed by atoms with E-state index in [0.29, 0.717) is 17.2 Å². The standard InChI is InChI=1S/C22H23N3O5/c1-13-5-6-16(7-14(13)2)25-21(27)19(20(26)24-22(25)28)12-23-11-15-8-17(29-3)10-18(9-15)30-4/h5-10,12,27H,11H2,1-4H3,(H,24,26,28).